The molecule has 2 aliphatic heterocycles. The Morgan fingerprint density at radius 2 is 1.73 bits per heavy atom. The van der Waals surface area contributed by atoms with Crippen molar-refractivity contribution in [3.05, 3.63) is 51.4 Å². The number of carboxylic acids is 1. The van der Waals surface area contributed by atoms with Crippen LogP contribution in [0.15, 0.2) is 35.7 Å². The Morgan fingerprint density at radius 3 is 2.37 bits per heavy atom. The van der Waals surface area contributed by atoms with Crippen molar-refractivity contribution in [3.63, 3.8) is 0 Å². The van der Waals surface area contributed by atoms with Crippen molar-refractivity contribution in [1.82, 2.24) is 0 Å². The first-order valence-electron chi connectivity index (χ1n) is 9.17. The lowest BCUT2D eigenvalue weighted by molar-refractivity contribution is -0.384. The van der Waals surface area contributed by atoms with E-state index in [4.69, 9.17) is 4.74 Å². The number of benzene rings is 1. The summed E-state index contributed by atoms with van der Waals surface area (Å²) in [5.74, 6) is -3.76. The predicted molar refractivity (Wildman–Crippen MR) is 107 cm³/mol. The van der Waals surface area contributed by atoms with Crippen molar-refractivity contribution >= 4 is 45.5 Å². The molecule has 0 aliphatic carbocycles. The molecule has 1 aromatic carbocycles. The number of nitro groups is 1. The lowest BCUT2D eigenvalue weighted by atomic mass is 9.79. The Morgan fingerprint density at radius 1 is 1.07 bits per heavy atom. The van der Waals surface area contributed by atoms with E-state index in [0.717, 1.165) is 11.3 Å². The highest BCUT2D eigenvalue weighted by Gasteiger charge is 2.55. The van der Waals surface area contributed by atoms with Crippen LogP contribution in [-0.2, 0) is 14.3 Å². The smallest absolute Gasteiger partial charge is 0.310 e. The van der Waals surface area contributed by atoms with Crippen LogP contribution in [0, 0.1) is 22.0 Å². The fourth-order valence-electron chi connectivity index (χ4n) is 3.97. The van der Waals surface area contributed by atoms with Gasteiger partial charge in [-0.2, -0.15) is 0 Å². The van der Waals surface area contributed by atoms with Crippen LogP contribution in [0.3, 0.4) is 0 Å². The van der Waals surface area contributed by atoms with E-state index in [1.165, 1.54) is 30.3 Å². The molecule has 11 heteroatoms. The van der Waals surface area contributed by atoms with Gasteiger partial charge in [-0.05, 0) is 36.4 Å². The highest BCUT2D eigenvalue weighted by Crippen LogP contribution is 2.44. The number of carbonyl (C=O) groups excluding carboxylic acids is 2. The summed E-state index contributed by atoms with van der Waals surface area (Å²) in [6, 6.07) is 6.89. The Kier molecular flexibility index (Phi) is 5.22. The number of anilines is 2. The molecule has 2 bridgehead atoms. The molecule has 2 aromatic rings. The van der Waals surface area contributed by atoms with Crippen LogP contribution in [0.25, 0.3) is 0 Å². The molecule has 4 atom stereocenters. The van der Waals surface area contributed by atoms with Crippen molar-refractivity contribution in [3.8, 4) is 0 Å². The SMILES string of the molecule is O=C(Nc1ccc([N+](=O)[O-])cc1)c1ccsc1NC(=O)[C@H]1[C@@H](C(=O)O)[C@H]2CC[C@H]1O2. The van der Waals surface area contributed by atoms with Crippen LogP contribution in [0.1, 0.15) is 23.2 Å². The molecule has 0 radical (unpaired) electrons. The summed E-state index contributed by atoms with van der Waals surface area (Å²) < 4.78 is 5.62. The number of nitrogens with zero attached hydrogens (tertiary/aromatic N) is 1. The molecule has 30 heavy (non-hydrogen) atoms. The highest BCUT2D eigenvalue weighted by atomic mass is 32.1. The van der Waals surface area contributed by atoms with Crippen LogP contribution >= 0.6 is 11.3 Å². The molecule has 0 unspecified atom stereocenters. The number of amides is 2. The Hall–Kier alpha value is -3.31. The number of fused-ring (bicyclic) bond motifs is 2. The maximum Gasteiger partial charge on any atom is 0.310 e. The first kappa shape index (κ1) is 20.0. The summed E-state index contributed by atoms with van der Waals surface area (Å²) in [5, 5.41) is 27.4. The Labute approximate surface area is 174 Å². The lowest BCUT2D eigenvalue weighted by Crippen LogP contribution is -2.41. The standard InChI is InChI=1S/C19H17N3O7S/c23-16(20-9-1-3-10(4-2-9)22(27)28)11-7-8-30-18(11)21-17(24)14-12-5-6-13(29-12)15(14)19(25)26/h1-4,7-8,12-15H,5-6H2,(H,20,23)(H,21,24)(H,25,26)/t12-,13-,14-,15+/m1/s1. The Bertz CT molecular complexity index is 1020. The van der Waals surface area contributed by atoms with E-state index in [1.807, 2.05) is 0 Å². The summed E-state index contributed by atoms with van der Waals surface area (Å²) in [5.41, 5.74) is 0.474. The number of non-ortho nitro benzene ring substituents is 1. The number of nitro benzene ring substituents is 1. The van der Waals surface area contributed by atoms with E-state index in [1.54, 1.807) is 5.38 Å². The number of ether oxygens (including phenoxy) is 1. The van der Waals surface area contributed by atoms with Crippen LogP contribution in [-0.4, -0.2) is 40.0 Å². The van der Waals surface area contributed by atoms with Crippen LogP contribution in [0.5, 0.6) is 0 Å². The van der Waals surface area contributed by atoms with Crippen molar-refractivity contribution in [2.75, 3.05) is 10.6 Å². The van der Waals surface area contributed by atoms with E-state index in [0.29, 0.717) is 23.5 Å². The average Bonchev–Trinajstić information content (AvgIpc) is 3.43. The third kappa shape index (κ3) is 3.64. The van der Waals surface area contributed by atoms with Gasteiger partial charge in [-0.15, -0.1) is 11.3 Å². The largest absolute Gasteiger partial charge is 0.481 e. The molecule has 0 saturated carbocycles. The van der Waals surface area contributed by atoms with Gasteiger partial charge in [0.2, 0.25) is 5.91 Å². The molecule has 4 rings (SSSR count). The molecule has 2 saturated heterocycles. The minimum absolute atomic E-state index is 0.0995. The third-order valence-electron chi connectivity index (χ3n) is 5.34. The molecule has 2 fully saturated rings. The van der Waals surface area contributed by atoms with Gasteiger partial charge in [0.1, 0.15) is 5.00 Å². The van der Waals surface area contributed by atoms with Gasteiger partial charge in [-0.25, -0.2) is 0 Å². The zero-order chi connectivity index (χ0) is 21.4. The topological polar surface area (TPSA) is 148 Å². The van der Waals surface area contributed by atoms with E-state index in [9.17, 15) is 29.6 Å². The van der Waals surface area contributed by atoms with Crippen molar-refractivity contribution < 1.29 is 29.2 Å². The molecule has 0 spiro atoms. The number of carbonyl (C=O) groups is 3. The van der Waals surface area contributed by atoms with Gasteiger partial charge in [0.05, 0.1) is 34.5 Å². The summed E-state index contributed by atoms with van der Waals surface area (Å²) in [4.78, 5) is 47.2. The van der Waals surface area contributed by atoms with E-state index in [-0.39, 0.29) is 11.3 Å². The summed E-state index contributed by atoms with van der Waals surface area (Å²) in [6.45, 7) is 0. The van der Waals surface area contributed by atoms with Gasteiger partial charge in [-0.1, -0.05) is 0 Å². The maximum atomic E-state index is 12.8. The van der Waals surface area contributed by atoms with Crippen LogP contribution in [0.2, 0.25) is 0 Å². The molecule has 3 N–H and O–H groups in total. The summed E-state index contributed by atoms with van der Waals surface area (Å²) >= 11 is 1.14. The zero-order valence-corrected chi connectivity index (χ0v) is 16.3. The average molecular weight is 431 g/mol. The number of carboxylic acid groups (broad SMARTS) is 1. The van der Waals surface area contributed by atoms with Crippen molar-refractivity contribution in [1.29, 1.82) is 0 Å². The minimum atomic E-state index is -1.07. The molecule has 2 aliphatic rings. The predicted octanol–water partition coefficient (Wildman–Crippen LogP) is 2.73. The highest BCUT2D eigenvalue weighted by molar-refractivity contribution is 7.14. The number of thiophene rings is 1. The quantitative estimate of drug-likeness (QED) is 0.470. The summed E-state index contributed by atoms with van der Waals surface area (Å²) in [7, 11) is 0. The maximum absolute atomic E-state index is 12.8. The molecule has 2 amide bonds. The molecular weight excluding hydrogens is 414 g/mol. The van der Waals surface area contributed by atoms with Gasteiger partial charge in [0, 0.05) is 17.8 Å². The summed E-state index contributed by atoms with van der Waals surface area (Å²) in [6.07, 6.45) is 0.350. The lowest BCUT2D eigenvalue weighted by Gasteiger charge is -2.23. The number of hydrogen-bond donors (Lipinski definition) is 3. The molecular formula is C19H17N3O7S. The normalized spacial score (nSPS) is 24.4. The van der Waals surface area contributed by atoms with Crippen LogP contribution < -0.4 is 10.6 Å². The molecule has 1 aromatic heterocycles. The second kappa shape index (κ2) is 7.84. The fraction of sp³-hybridized carbons (Fsp3) is 0.316. The molecule has 10 nitrogen and oxygen atoms in total. The van der Waals surface area contributed by atoms with Gasteiger partial charge >= 0.3 is 5.97 Å². The Balaban J connectivity index is 1.46. The van der Waals surface area contributed by atoms with E-state index in [2.05, 4.69) is 10.6 Å². The van der Waals surface area contributed by atoms with Crippen molar-refractivity contribution in [2.45, 2.75) is 25.0 Å². The van der Waals surface area contributed by atoms with Gasteiger partial charge in [0.15, 0.2) is 0 Å². The van der Waals surface area contributed by atoms with E-state index < -0.39 is 46.8 Å². The minimum Gasteiger partial charge on any atom is -0.481 e. The number of nitrogens with one attached hydrogen (secondary N) is 2. The zero-order valence-electron chi connectivity index (χ0n) is 15.4. The van der Waals surface area contributed by atoms with Crippen molar-refractivity contribution in [2.24, 2.45) is 11.8 Å². The second-order valence-electron chi connectivity index (χ2n) is 7.09. The van der Waals surface area contributed by atoms with Gasteiger partial charge in [0.25, 0.3) is 11.6 Å². The van der Waals surface area contributed by atoms with Crippen LogP contribution in [0.4, 0.5) is 16.4 Å². The second-order valence-corrected chi connectivity index (χ2v) is 8.01. The van der Waals surface area contributed by atoms with E-state index >= 15 is 0 Å². The first-order chi connectivity index (χ1) is 14.3. The molecule has 3 heterocycles. The monoisotopic (exact) mass is 431 g/mol. The first-order valence-corrected chi connectivity index (χ1v) is 10.1. The third-order valence-corrected chi connectivity index (χ3v) is 6.17. The number of aliphatic carboxylic acids is 1. The fourth-order valence-corrected chi connectivity index (χ4v) is 4.76. The van der Waals surface area contributed by atoms with Gasteiger partial charge in [-0.3, -0.25) is 24.5 Å². The number of rotatable bonds is 6. The van der Waals surface area contributed by atoms with Gasteiger partial charge < -0.3 is 20.5 Å². The molecule has 156 valence electrons. The number of hydrogen-bond acceptors (Lipinski definition) is 7.